The summed E-state index contributed by atoms with van der Waals surface area (Å²) >= 11 is 1.45. The van der Waals surface area contributed by atoms with Crippen molar-refractivity contribution in [3.8, 4) is 0 Å². The number of amides is 2. The van der Waals surface area contributed by atoms with Crippen molar-refractivity contribution in [3.63, 3.8) is 0 Å². The van der Waals surface area contributed by atoms with Crippen molar-refractivity contribution in [1.29, 1.82) is 0 Å². The Kier molecular flexibility index (Phi) is 6.78. The monoisotopic (exact) mass is 387 g/mol. The molecule has 27 heavy (non-hydrogen) atoms. The normalized spacial score (nSPS) is 14.8. The van der Waals surface area contributed by atoms with Gasteiger partial charge in [-0.3, -0.25) is 9.59 Å². The highest BCUT2D eigenvalue weighted by Gasteiger charge is 2.16. The van der Waals surface area contributed by atoms with E-state index in [4.69, 9.17) is 0 Å². The van der Waals surface area contributed by atoms with Crippen molar-refractivity contribution in [2.45, 2.75) is 13.5 Å². The van der Waals surface area contributed by atoms with Crippen molar-refractivity contribution in [3.05, 3.63) is 46.3 Å². The van der Waals surface area contributed by atoms with Crippen LogP contribution in [0.15, 0.2) is 35.2 Å². The molecule has 8 heteroatoms. The fraction of sp³-hybridized carbons (Fsp3) is 0.421. The number of thiophene rings is 1. The number of hydrogen-bond donors (Lipinski definition) is 2. The van der Waals surface area contributed by atoms with Crippen molar-refractivity contribution in [1.82, 2.24) is 20.5 Å². The molecular formula is C19H25N5O2S. The summed E-state index contributed by atoms with van der Waals surface area (Å²) in [5.41, 5.74) is 1.51. The summed E-state index contributed by atoms with van der Waals surface area (Å²) in [6.45, 7) is 7.73. The fourth-order valence-electron chi connectivity index (χ4n) is 2.92. The molecule has 0 aromatic carbocycles. The van der Waals surface area contributed by atoms with E-state index in [1.807, 2.05) is 17.5 Å². The molecule has 1 aliphatic heterocycles. The quantitative estimate of drug-likeness (QED) is 0.750. The number of anilines is 1. The SMILES string of the molecule is CCN1CCN(c2ccc(CNC(=O)CNC(=O)c3ccsc3)cn2)CC1. The minimum Gasteiger partial charge on any atom is -0.354 e. The Labute approximate surface area is 163 Å². The molecule has 2 aromatic rings. The molecule has 0 saturated carbocycles. The third kappa shape index (κ3) is 5.51. The number of hydrogen-bond acceptors (Lipinski definition) is 6. The highest BCUT2D eigenvalue weighted by Crippen LogP contribution is 2.14. The predicted molar refractivity (Wildman–Crippen MR) is 107 cm³/mol. The van der Waals surface area contributed by atoms with Crippen molar-refractivity contribution < 1.29 is 9.59 Å². The van der Waals surface area contributed by atoms with Crippen LogP contribution in [0.2, 0.25) is 0 Å². The van der Waals surface area contributed by atoms with Gasteiger partial charge in [-0.1, -0.05) is 13.0 Å². The zero-order chi connectivity index (χ0) is 19.1. The Morgan fingerprint density at radius 1 is 1.15 bits per heavy atom. The van der Waals surface area contributed by atoms with E-state index in [0.29, 0.717) is 12.1 Å². The van der Waals surface area contributed by atoms with Gasteiger partial charge >= 0.3 is 0 Å². The molecule has 3 rings (SSSR count). The zero-order valence-electron chi connectivity index (χ0n) is 15.5. The molecule has 7 nitrogen and oxygen atoms in total. The van der Waals surface area contributed by atoms with E-state index in [0.717, 1.165) is 44.1 Å². The highest BCUT2D eigenvalue weighted by atomic mass is 32.1. The Hall–Kier alpha value is -2.45. The first-order valence-electron chi connectivity index (χ1n) is 9.15. The molecule has 2 N–H and O–H groups in total. The summed E-state index contributed by atoms with van der Waals surface area (Å²) in [6.07, 6.45) is 1.80. The van der Waals surface area contributed by atoms with Gasteiger partial charge in [0.1, 0.15) is 5.82 Å². The average molecular weight is 388 g/mol. The number of likely N-dealkylation sites (N-methyl/N-ethyl adjacent to an activating group) is 1. The lowest BCUT2D eigenvalue weighted by Crippen LogP contribution is -2.46. The molecule has 0 aliphatic carbocycles. The first-order chi connectivity index (χ1) is 13.2. The number of nitrogens with one attached hydrogen (secondary N) is 2. The Morgan fingerprint density at radius 2 is 1.96 bits per heavy atom. The van der Waals surface area contributed by atoms with Crippen LogP contribution in [0.25, 0.3) is 0 Å². The van der Waals surface area contributed by atoms with E-state index in [-0.39, 0.29) is 18.4 Å². The van der Waals surface area contributed by atoms with Crippen LogP contribution in [-0.2, 0) is 11.3 Å². The van der Waals surface area contributed by atoms with Crippen molar-refractivity contribution in [2.24, 2.45) is 0 Å². The Balaban J connectivity index is 1.40. The minimum absolute atomic E-state index is 0.0398. The summed E-state index contributed by atoms with van der Waals surface area (Å²) < 4.78 is 0. The first-order valence-corrected chi connectivity index (χ1v) is 10.1. The van der Waals surface area contributed by atoms with E-state index in [2.05, 4.69) is 32.3 Å². The van der Waals surface area contributed by atoms with Crippen LogP contribution in [0.5, 0.6) is 0 Å². The lowest BCUT2D eigenvalue weighted by atomic mass is 10.2. The highest BCUT2D eigenvalue weighted by molar-refractivity contribution is 7.08. The number of nitrogens with zero attached hydrogens (tertiary/aromatic N) is 3. The second-order valence-corrected chi connectivity index (χ2v) is 7.20. The predicted octanol–water partition coefficient (Wildman–Crippen LogP) is 1.33. The topological polar surface area (TPSA) is 77.6 Å². The molecule has 3 heterocycles. The minimum atomic E-state index is -0.236. The summed E-state index contributed by atoms with van der Waals surface area (Å²) in [6, 6.07) is 5.72. The molecule has 1 saturated heterocycles. The lowest BCUT2D eigenvalue weighted by Gasteiger charge is -2.34. The van der Waals surface area contributed by atoms with Gasteiger partial charge in [-0.25, -0.2) is 4.98 Å². The van der Waals surface area contributed by atoms with Gasteiger partial charge in [0.15, 0.2) is 0 Å². The molecule has 1 aliphatic rings. The van der Waals surface area contributed by atoms with Crippen LogP contribution in [0.3, 0.4) is 0 Å². The van der Waals surface area contributed by atoms with E-state index in [1.54, 1.807) is 17.6 Å². The van der Waals surface area contributed by atoms with Gasteiger partial charge in [-0.05, 0) is 29.6 Å². The number of piperazine rings is 1. The summed E-state index contributed by atoms with van der Waals surface area (Å²) in [5, 5.41) is 8.99. The molecule has 0 unspecified atom stereocenters. The number of carbonyl (C=O) groups is 2. The fourth-order valence-corrected chi connectivity index (χ4v) is 3.56. The maximum absolute atomic E-state index is 11.9. The van der Waals surface area contributed by atoms with Gasteiger partial charge in [0.25, 0.3) is 5.91 Å². The molecule has 144 valence electrons. The first kappa shape index (κ1) is 19.3. The Bertz CT molecular complexity index is 740. The van der Waals surface area contributed by atoms with Gasteiger partial charge in [-0.2, -0.15) is 11.3 Å². The van der Waals surface area contributed by atoms with Crippen molar-refractivity contribution >= 4 is 29.0 Å². The van der Waals surface area contributed by atoms with Gasteiger partial charge in [-0.15, -0.1) is 0 Å². The van der Waals surface area contributed by atoms with Gasteiger partial charge in [0.2, 0.25) is 5.91 Å². The number of aromatic nitrogens is 1. The molecule has 0 atom stereocenters. The third-order valence-corrected chi connectivity index (χ3v) is 5.32. The van der Waals surface area contributed by atoms with Gasteiger partial charge < -0.3 is 20.4 Å². The Morgan fingerprint density at radius 3 is 2.59 bits per heavy atom. The average Bonchev–Trinajstić information content (AvgIpc) is 3.26. The summed E-state index contributed by atoms with van der Waals surface area (Å²) in [4.78, 5) is 33.0. The maximum atomic E-state index is 11.9. The smallest absolute Gasteiger partial charge is 0.252 e. The molecule has 0 spiro atoms. The standard InChI is InChI=1S/C19H25N5O2S/c1-2-23-6-8-24(9-7-23)17-4-3-15(11-20-17)12-21-18(25)13-22-19(26)16-5-10-27-14-16/h3-5,10-11,14H,2,6-9,12-13H2,1H3,(H,21,25)(H,22,26). The van der Waals surface area contributed by atoms with Crippen LogP contribution in [0.4, 0.5) is 5.82 Å². The van der Waals surface area contributed by atoms with Crippen LogP contribution in [-0.4, -0.2) is 61.0 Å². The molecule has 0 radical (unpaired) electrons. The number of carbonyl (C=O) groups excluding carboxylic acids is 2. The second kappa shape index (κ2) is 9.48. The molecule has 1 fully saturated rings. The van der Waals surface area contributed by atoms with Gasteiger partial charge in [0.05, 0.1) is 6.54 Å². The molecular weight excluding hydrogens is 362 g/mol. The van der Waals surface area contributed by atoms with Crippen LogP contribution < -0.4 is 15.5 Å². The molecule has 0 bridgehead atoms. The van der Waals surface area contributed by atoms with Crippen LogP contribution in [0, 0.1) is 0 Å². The lowest BCUT2D eigenvalue weighted by molar-refractivity contribution is -0.120. The van der Waals surface area contributed by atoms with Gasteiger partial charge in [0, 0.05) is 49.9 Å². The van der Waals surface area contributed by atoms with E-state index in [1.165, 1.54) is 11.3 Å². The second-order valence-electron chi connectivity index (χ2n) is 6.42. The van der Waals surface area contributed by atoms with Crippen LogP contribution >= 0.6 is 11.3 Å². The molecule has 2 aromatic heterocycles. The zero-order valence-corrected chi connectivity index (χ0v) is 16.3. The number of rotatable bonds is 7. The molecule has 2 amide bonds. The van der Waals surface area contributed by atoms with Crippen molar-refractivity contribution in [2.75, 3.05) is 44.2 Å². The summed E-state index contributed by atoms with van der Waals surface area (Å²) in [7, 11) is 0. The van der Waals surface area contributed by atoms with Crippen LogP contribution in [0.1, 0.15) is 22.8 Å². The largest absolute Gasteiger partial charge is 0.354 e. The van der Waals surface area contributed by atoms with E-state index in [9.17, 15) is 9.59 Å². The third-order valence-electron chi connectivity index (χ3n) is 4.64. The van der Waals surface area contributed by atoms with E-state index < -0.39 is 0 Å². The summed E-state index contributed by atoms with van der Waals surface area (Å²) in [5.74, 6) is 0.516. The number of pyridine rings is 1. The van der Waals surface area contributed by atoms with E-state index >= 15 is 0 Å². The maximum Gasteiger partial charge on any atom is 0.252 e.